The third kappa shape index (κ3) is 5.66. The highest BCUT2D eigenvalue weighted by molar-refractivity contribution is 5.89. The standard InChI is InChI=1S/C24H33N5O4/c1-5-21(30)22(31)25-15(2)23(32)29-14-8-11-20(27-29)24(33)28(4)16(3)18-13-12-17-9-6-7-10-19(17)26-18/h6-7,9-10,12-13,15-16,20-21,27,30H,5,8,11,14H2,1-4H3,(H,25,31). The highest BCUT2D eigenvalue weighted by atomic mass is 16.3. The van der Waals surface area contributed by atoms with Crippen LogP contribution in [0.1, 0.15) is 51.8 Å². The third-order valence-corrected chi connectivity index (χ3v) is 6.15. The van der Waals surface area contributed by atoms with E-state index in [4.69, 9.17) is 4.98 Å². The van der Waals surface area contributed by atoms with E-state index in [-0.39, 0.29) is 24.3 Å². The summed E-state index contributed by atoms with van der Waals surface area (Å²) < 4.78 is 0. The fraction of sp³-hybridized carbons (Fsp3) is 0.500. The average Bonchev–Trinajstić information content (AvgIpc) is 2.85. The number of hydrazine groups is 1. The van der Waals surface area contributed by atoms with Gasteiger partial charge in [0.2, 0.25) is 11.8 Å². The second-order valence-electron chi connectivity index (χ2n) is 8.52. The number of fused-ring (bicyclic) bond motifs is 1. The predicted molar refractivity (Wildman–Crippen MR) is 125 cm³/mol. The second kappa shape index (κ2) is 10.7. The Hall–Kier alpha value is -3.04. The molecule has 33 heavy (non-hydrogen) atoms. The molecule has 0 spiro atoms. The molecule has 4 unspecified atom stereocenters. The maximum atomic E-state index is 13.2. The van der Waals surface area contributed by atoms with Crippen LogP contribution in [0, 0.1) is 0 Å². The second-order valence-corrected chi connectivity index (χ2v) is 8.52. The molecule has 0 radical (unpaired) electrons. The van der Waals surface area contributed by atoms with Gasteiger partial charge in [-0.15, -0.1) is 0 Å². The van der Waals surface area contributed by atoms with Crippen LogP contribution in [-0.4, -0.2) is 69.5 Å². The van der Waals surface area contributed by atoms with E-state index in [1.165, 1.54) is 5.01 Å². The molecule has 0 aliphatic carbocycles. The maximum absolute atomic E-state index is 13.2. The van der Waals surface area contributed by atoms with Gasteiger partial charge in [0, 0.05) is 19.0 Å². The Morgan fingerprint density at radius 3 is 2.70 bits per heavy atom. The van der Waals surface area contributed by atoms with Gasteiger partial charge in [-0.1, -0.05) is 31.2 Å². The molecule has 2 heterocycles. The fourth-order valence-corrected chi connectivity index (χ4v) is 3.86. The lowest BCUT2D eigenvalue weighted by atomic mass is 10.1. The fourth-order valence-electron chi connectivity index (χ4n) is 3.86. The van der Waals surface area contributed by atoms with Gasteiger partial charge >= 0.3 is 0 Å². The normalized spacial score (nSPS) is 18.9. The van der Waals surface area contributed by atoms with Crippen molar-refractivity contribution in [3.8, 4) is 0 Å². The predicted octanol–water partition coefficient (Wildman–Crippen LogP) is 1.53. The van der Waals surface area contributed by atoms with Gasteiger partial charge < -0.3 is 15.3 Å². The minimum Gasteiger partial charge on any atom is -0.383 e. The molecule has 1 aromatic heterocycles. The minimum atomic E-state index is -1.15. The zero-order valence-corrected chi connectivity index (χ0v) is 19.6. The number of rotatable bonds is 7. The van der Waals surface area contributed by atoms with E-state index in [1.807, 2.05) is 43.3 Å². The van der Waals surface area contributed by atoms with Crippen molar-refractivity contribution in [3.63, 3.8) is 0 Å². The molecule has 3 N–H and O–H groups in total. The number of para-hydroxylation sites is 1. The largest absolute Gasteiger partial charge is 0.383 e. The highest BCUT2D eigenvalue weighted by Gasteiger charge is 2.33. The molecule has 0 saturated carbocycles. The number of carbonyl (C=O) groups is 3. The summed E-state index contributed by atoms with van der Waals surface area (Å²) in [6, 6.07) is 10.1. The number of pyridine rings is 1. The van der Waals surface area contributed by atoms with Gasteiger partial charge in [0.15, 0.2) is 0 Å². The van der Waals surface area contributed by atoms with Crippen molar-refractivity contribution < 1.29 is 19.5 Å². The van der Waals surface area contributed by atoms with Gasteiger partial charge in [-0.2, -0.15) is 0 Å². The molecule has 178 valence electrons. The molecular weight excluding hydrogens is 422 g/mol. The lowest BCUT2D eigenvalue weighted by Crippen LogP contribution is -2.61. The number of nitrogens with one attached hydrogen (secondary N) is 2. The Morgan fingerprint density at radius 2 is 1.97 bits per heavy atom. The molecule has 3 rings (SSSR count). The number of aliphatic hydroxyl groups is 1. The van der Waals surface area contributed by atoms with Gasteiger partial charge in [0.05, 0.1) is 17.3 Å². The van der Waals surface area contributed by atoms with Gasteiger partial charge in [-0.25, -0.2) is 5.43 Å². The number of benzene rings is 1. The van der Waals surface area contributed by atoms with Crippen LogP contribution in [-0.2, 0) is 14.4 Å². The van der Waals surface area contributed by atoms with Crippen LogP contribution >= 0.6 is 0 Å². The Balaban J connectivity index is 1.64. The van der Waals surface area contributed by atoms with Gasteiger partial charge in [0.25, 0.3) is 5.91 Å². The summed E-state index contributed by atoms with van der Waals surface area (Å²) in [4.78, 5) is 44.3. The minimum absolute atomic E-state index is 0.131. The average molecular weight is 456 g/mol. The molecule has 9 nitrogen and oxygen atoms in total. The van der Waals surface area contributed by atoms with Crippen LogP contribution in [0.3, 0.4) is 0 Å². The number of carbonyl (C=O) groups excluding carboxylic acids is 3. The van der Waals surface area contributed by atoms with E-state index in [9.17, 15) is 19.5 Å². The lowest BCUT2D eigenvalue weighted by Gasteiger charge is -2.37. The molecule has 2 aromatic rings. The maximum Gasteiger partial charge on any atom is 0.258 e. The molecule has 1 fully saturated rings. The van der Waals surface area contributed by atoms with E-state index >= 15 is 0 Å². The van der Waals surface area contributed by atoms with Crippen molar-refractivity contribution in [1.82, 2.24) is 25.6 Å². The zero-order valence-electron chi connectivity index (χ0n) is 19.6. The van der Waals surface area contributed by atoms with Crippen LogP contribution in [0.15, 0.2) is 36.4 Å². The SMILES string of the molecule is CCC(O)C(=O)NC(C)C(=O)N1CCCC(C(=O)N(C)C(C)c2ccc3ccccc3n2)N1. The van der Waals surface area contributed by atoms with Crippen molar-refractivity contribution >= 4 is 28.6 Å². The number of likely N-dealkylation sites (N-methyl/N-ethyl adjacent to an activating group) is 1. The van der Waals surface area contributed by atoms with Crippen LogP contribution in [0.25, 0.3) is 10.9 Å². The summed E-state index contributed by atoms with van der Waals surface area (Å²) in [6.07, 6.45) is 0.369. The monoisotopic (exact) mass is 455 g/mol. The van der Waals surface area contributed by atoms with Gasteiger partial charge in [-0.3, -0.25) is 24.4 Å². The van der Waals surface area contributed by atoms with Gasteiger partial charge in [0.1, 0.15) is 18.2 Å². The summed E-state index contributed by atoms with van der Waals surface area (Å²) in [5, 5.41) is 14.6. The smallest absolute Gasteiger partial charge is 0.258 e. The Bertz CT molecular complexity index is 1010. The number of nitrogens with zero attached hydrogens (tertiary/aromatic N) is 3. The third-order valence-electron chi connectivity index (χ3n) is 6.15. The van der Waals surface area contributed by atoms with Crippen LogP contribution < -0.4 is 10.7 Å². The number of aromatic nitrogens is 1. The van der Waals surface area contributed by atoms with Crippen molar-refractivity contribution in [2.24, 2.45) is 0 Å². The summed E-state index contributed by atoms with van der Waals surface area (Å²) >= 11 is 0. The molecule has 1 aliphatic rings. The molecule has 4 atom stereocenters. The number of amides is 3. The summed E-state index contributed by atoms with van der Waals surface area (Å²) in [7, 11) is 1.74. The van der Waals surface area contributed by atoms with Crippen LogP contribution in [0.4, 0.5) is 0 Å². The molecule has 1 aliphatic heterocycles. The van der Waals surface area contributed by atoms with E-state index in [2.05, 4.69) is 10.7 Å². The molecular formula is C24H33N5O4. The summed E-state index contributed by atoms with van der Waals surface area (Å²) in [5.41, 5.74) is 4.69. The van der Waals surface area contributed by atoms with Crippen molar-refractivity contribution in [1.29, 1.82) is 0 Å². The topological polar surface area (TPSA) is 115 Å². The molecule has 1 saturated heterocycles. The van der Waals surface area contributed by atoms with Crippen LogP contribution in [0.5, 0.6) is 0 Å². The van der Waals surface area contributed by atoms with E-state index in [0.29, 0.717) is 19.4 Å². The number of hydrogen-bond donors (Lipinski definition) is 3. The zero-order chi connectivity index (χ0) is 24.1. The first-order valence-electron chi connectivity index (χ1n) is 11.4. The Labute approximate surface area is 194 Å². The van der Waals surface area contributed by atoms with E-state index < -0.39 is 24.1 Å². The lowest BCUT2D eigenvalue weighted by molar-refractivity contribution is -0.146. The van der Waals surface area contributed by atoms with Crippen molar-refractivity contribution in [3.05, 3.63) is 42.1 Å². The number of hydrogen-bond acceptors (Lipinski definition) is 6. The Morgan fingerprint density at radius 1 is 1.24 bits per heavy atom. The van der Waals surface area contributed by atoms with Gasteiger partial charge in [-0.05, 0) is 45.2 Å². The Kier molecular flexibility index (Phi) is 7.99. The van der Waals surface area contributed by atoms with Crippen LogP contribution in [0.2, 0.25) is 0 Å². The first-order chi connectivity index (χ1) is 15.7. The van der Waals surface area contributed by atoms with Crippen molar-refractivity contribution in [2.45, 2.75) is 64.3 Å². The van der Waals surface area contributed by atoms with Crippen molar-refractivity contribution in [2.75, 3.05) is 13.6 Å². The first-order valence-corrected chi connectivity index (χ1v) is 11.4. The summed E-state index contributed by atoms with van der Waals surface area (Å²) in [5.74, 6) is -1.07. The van der Waals surface area contributed by atoms with E-state index in [1.54, 1.807) is 25.8 Å². The van der Waals surface area contributed by atoms with E-state index in [0.717, 1.165) is 16.6 Å². The highest BCUT2D eigenvalue weighted by Crippen LogP contribution is 2.22. The summed E-state index contributed by atoms with van der Waals surface area (Å²) in [6.45, 7) is 5.61. The quantitative estimate of drug-likeness (QED) is 0.583. The molecule has 0 bridgehead atoms. The number of aliphatic hydroxyl groups excluding tert-OH is 1. The molecule has 1 aromatic carbocycles. The molecule has 3 amide bonds. The first kappa shape index (κ1) is 24.6. The molecule has 9 heteroatoms.